The predicted molar refractivity (Wildman–Crippen MR) is 208 cm³/mol. The Kier molecular flexibility index (Phi) is 14.3. The van der Waals surface area contributed by atoms with Gasteiger partial charge in [0.1, 0.15) is 24.2 Å². The molecule has 0 unspecified atom stereocenters. The maximum Gasteiger partial charge on any atom is 0.243 e. The monoisotopic (exact) mass is 769 g/mol. The van der Waals surface area contributed by atoms with Gasteiger partial charge in [0.05, 0.1) is 18.4 Å². The van der Waals surface area contributed by atoms with Crippen LogP contribution in [0.4, 0.5) is 0 Å². The number of aromatic nitrogens is 3. The number of hydrogen-bond donors (Lipinski definition) is 9. The molecule has 0 bridgehead atoms. The molecule has 56 heavy (non-hydrogen) atoms. The molecule has 17 nitrogen and oxygen atoms in total. The van der Waals surface area contributed by atoms with Crippen molar-refractivity contribution in [3.8, 4) is 0 Å². The van der Waals surface area contributed by atoms with Crippen LogP contribution in [-0.4, -0.2) is 105 Å². The first-order valence-corrected chi connectivity index (χ1v) is 18.8. The molecule has 0 radical (unpaired) electrons. The number of imidazole rings is 1. The standard InChI is InChI=1S/C39H51N11O6/c1-23(46-38(55)32(16-25-19-44-30-12-6-5-11-28(25)30)49-37(54)29(41)17-26-20-43-22-45-26)36(53)47-27-18-34(51)50(21-27)33(15-24-9-3-2-4-10-24)39(56)48-31(35(42)52)13-7-8-14-40/h2-6,9-12,19-20,22-23,27,29,31-33,44H,7-8,13-18,21,40-41H2,1H3,(H2,42,52)(H,43,45)(H,46,55)(H,47,53)(H,48,56)(H,49,54)/t23-,27+,29+,31-,32+,33+/m1/s1. The fourth-order valence-electron chi connectivity index (χ4n) is 6.80. The summed E-state index contributed by atoms with van der Waals surface area (Å²) in [5.41, 5.74) is 20.5. The van der Waals surface area contributed by atoms with Gasteiger partial charge >= 0.3 is 0 Å². The van der Waals surface area contributed by atoms with Crippen LogP contribution in [0.25, 0.3) is 10.9 Å². The third-order valence-electron chi connectivity index (χ3n) is 9.88. The van der Waals surface area contributed by atoms with E-state index in [0.717, 1.165) is 22.0 Å². The molecule has 6 amide bonds. The molecule has 0 aliphatic carbocycles. The highest BCUT2D eigenvalue weighted by atomic mass is 16.2. The number of unbranched alkanes of at least 4 members (excludes halogenated alkanes) is 1. The van der Waals surface area contributed by atoms with Crippen molar-refractivity contribution in [1.82, 2.24) is 41.1 Å². The maximum absolute atomic E-state index is 13.8. The SMILES string of the molecule is C[C@@H](NC(=O)[C@H](Cc1c[nH]c2ccccc12)NC(=O)[C@@H](N)Cc1cnc[nH]1)C(=O)N[C@H]1CC(=O)N([C@@H](Cc2ccccc2)C(=O)N[C@H](CCCCN)C(N)=O)C1. The zero-order valence-electron chi connectivity index (χ0n) is 31.3. The zero-order chi connectivity index (χ0) is 40.2. The van der Waals surface area contributed by atoms with Gasteiger partial charge in [-0.1, -0.05) is 48.5 Å². The van der Waals surface area contributed by atoms with Crippen LogP contribution in [0.2, 0.25) is 0 Å². The highest BCUT2D eigenvalue weighted by Gasteiger charge is 2.40. The lowest BCUT2D eigenvalue weighted by Gasteiger charge is -2.29. The number of aromatic amines is 2. The lowest BCUT2D eigenvalue weighted by atomic mass is 10.0. The van der Waals surface area contributed by atoms with Gasteiger partial charge in [-0.15, -0.1) is 0 Å². The van der Waals surface area contributed by atoms with Gasteiger partial charge in [0.15, 0.2) is 0 Å². The predicted octanol–water partition coefficient (Wildman–Crippen LogP) is -0.579. The number of nitrogens with one attached hydrogen (secondary N) is 6. The molecule has 0 saturated carbocycles. The summed E-state index contributed by atoms with van der Waals surface area (Å²) in [6.45, 7) is 1.94. The topological polar surface area (TPSA) is 276 Å². The van der Waals surface area contributed by atoms with Crippen molar-refractivity contribution in [2.24, 2.45) is 17.2 Å². The minimum Gasteiger partial charge on any atom is -0.368 e. The van der Waals surface area contributed by atoms with Crippen molar-refractivity contribution in [2.75, 3.05) is 13.1 Å². The summed E-state index contributed by atoms with van der Waals surface area (Å²) in [6.07, 6.45) is 6.68. The number of nitrogens with zero attached hydrogens (tertiary/aromatic N) is 2. The zero-order valence-corrected chi connectivity index (χ0v) is 31.3. The molecule has 1 fully saturated rings. The van der Waals surface area contributed by atoms with Gasteiger partial charge in [-0.2, -0.15) is 0 Å². The van der Waals surface area contributed by atoms with Crippen molar-refractivity contribution in [3.63, 3.8) is 0 Å². The lowest BCUT2D eigenvalue weighted by molar-refractivity contribution is -0.138. The third kappa shape index (κ3) is 11.0. The van der Waals surface area contributed by atoms with Gasteiger partial charge in [0, 0.05) is 61.2 Å². The molecule has 5 rings (SSSR count). The van der Waals surface area contributed by atoms with Crippen LogP contribution in [0.1, 0.15) is 49.4 Å². The number of rotatable bonds is 20. The van der Waals surface area contributed by atoms with Gasteiger partial charge < -0.3 is 53.3 Å². The normalized spacial score (nSPS) is 16.7. The molecular formula is C39H51N11O6. The Balaban J connectivity index is 1.24. The van der Waals surface area contributed by atoms with E-state index in [4.69, 9.17) is 17.2 Å². The van der Waals surface area contributed by atoms with E-state index in [1.807, 2.05) is 54.6 Å². The number of amides is 6. The van der Waals surface area contributed by atoms with Crippen LogP contribution in [0.5, 0.6) is 0 Å². The first-order chi connectivity index (χ1) is 26.9. The highest BCUT2D eigenvalue weighted by Crippen LogP contribution is 2.21. The van der Waals surface area contributed by atoms with Crippen molar-refractivity contribution in [1.29, 1.82) is 0 Å². The van der Waals surface area contributed by atoms with Crippen LogP contribution in [0, 0.1) is 0 Å². The molecular weight excluding hydrogens is 718 g/mol. The molecule has 4 aromatic rings. The van der Waals surface area contributed by atoms with Crippen molar-refractivity contribution in [2.45, 2.75) is 88.1 Å². The number of nitrogens with two attached hydrogens (primary N) is 3. The minimum atomic E-state index is -1.09. The second kappa shape index (κ2) is 19.5. The number of H-pyrrole nitrogens is 2. The summed E-state index contributed by atoms with van der Waals surface area (Å²) in [4.78, 5) is 91.3. The van der Waals surface area contributed by atoms with E-state index in [1.54, 1.807) is 12.4 Å². The van der Waals surface area contributed by atoms with Crippen LogP contribution < -0.4 is 38.5 Å². The number of hydrogen-bond acceptors (Lipinski definition) is 9. The average Bonchev–Trinajstić information content (AvgIpc) is 3.94. The Morgan fingerprint density at radius 1 is 0.875 bits per heavy atom. The van der Waals surface area contributed by atoms with Crippen LogP contribution in [-0.2, 0) is 48.0 Å². The Morgan fingerprint density at radius 2 is 1.61 bits per heavy atom. The number of carbonyl (C=O) groups excluding carboxylic acids is 6. The van der Waals surface area contributed by atoms with E-state index in [1.165, 1.54) is 18.2 Å². The molecule has 2 aromatic carbocycles. The number of fused-ring (bicyclic) bond motifs is 1. The van der Waals surface area contributed by atoms with Gasteiger partial charge in [0.2, 0.25) is 35.4 Å². The van der Waals surface area contributed by atoms with Crippen molar-refractivity contribution in [3.05, 3.63) is 90.1 Å². The Bertz CT molecular complexity index is 1970. The largest absolute Gasteiger partial charge is 0.368 e. The van der Waals surface area contributed by atoms with Crippen molar-refractivity contribution < 1.29 is 28.8 Å². The number of benzene rings is 2. The van der Waals surface area contributed by atoms with Gasteiger partial charge in [-0.3, -0.25) is 28.8 Å². The number of primary amides is 1. The average molecular weight is 770 g/mol. The Hall–Kier alpha value is -6.07. The quantitative estimate of drug-likeness (QED) is 0.0520. The summed E-state index contributed by atoms with van der Waals surface area (Å²) in [5, 5.41) is 11.9. The summed E-state index contributed by atoms with van der Waals surface area (Å²) in [7, 11) is 0. The second-order valence-corrected chi connectivity index (χ2v) is 14.2. The second-order valence-electron chi connectivity index (χ2n) is 14.2. The fraction of sp³-hybridized carbons (Fsp3) is 0.410. The third-order valence-corrected chi connectivity index (χ3v) is 9.88. The molecule has 0 spiro atoms. The molecule has 6 atom stereocenters. The molecule has 1 saturated heterocycles. The van der Waals surface area contributed by atoms with E-state index in [9.17, 15) is 28.8 Å². The molecule has 2 aromatic heterocycles. The van der Waals surface area contributed by atoms with Gasteiger partial charge in [-0.05, 0) is 49.9 Å². The van der Waals surface area contributed by atoms with E-state index in [-0.39, 0.29) is 38.1 Å². The first kappa shape index (κ1) is 41.1. The molecule has 12 N–H and O–H groups in total. The van der Waals surface area contributed by atoms with Crippen LogP contribution in [0.15, 0.2) is 73.3 Å². The highest BCUT2D eigenvalue weighted by molar-refractivity contribution is 5.95. The van der Waals surface area contributed by atoms with E-state index in [2.05, 4.69) is 36.2 Å². The van der Waals surface area contributed by atoms with Gasteiger partial charge in [0.25, 0.3) is 0 Å². The smallest absolute Gasteiger partial charge is 0.243 e. The van der Waals surface area contributed by atoms with Gasteiger partial charge in [-0.25, -0.2) is 4.98 Å². The van der Waals surface area contributed by atoms with E-state index < -0.39 is 65.8 Å². The van der Waals surface area contributed by atoms with Crippen molar-refractivity contribution >= 4 is 46.3 Å². The fourth-order valence-corrected chi connectivity index (χ4v) is 6.80. The Morgan fingerprint density at radius 3 is 2.32 bits per heavy atom. The molecule has 1 aliphatic rings. The molecule has 1 aliphatic heterocycles. The lowest BCUT2D eigenvalue weighted by Crippen LogP contribution is -2.57. The Labute approximate surface area is 324 Å². The summed E-state index contributed by atoms with van der Waals surface area (Å²) in [6, 6.07) is 10.9. The molecule has 298 valence electrons. The summed E-state index contributed by atoms with van der Waals surface area (Å²) >= 11 is 0. The first-order valence-electron chi connectivity index (χ1n) is 18.8. The number of para-hydroxylation sites is 1. The number of likely N-dealkylation sites (tertiary alicyclic amines) is 1. The molecule has 17 heteroatoms. The summed E-state index contributed by atoms with van der Waals surface area (Å²) in [5.74, 6) is -3.34. The van der Waals surface area contributed by atoms with Crippen LogP contribution >= 0.6 is 0 Å². The van der Waals surface area contributed by atoms with Crippen LogP contribution in [0.3, 0.4) is 0 Å². The molecule has 3 heterocycles. The van der Waals surface area contributed by atoms with E-state index in [0.29, 0.717) is 31.5 Å². The minimum absolute atomic E-state index is 0.0119. The van der Waals surface area contributed by atoms with E-state index >= 15 is 0 Å². The number of carbonyl (C=O) groups is 6. The summed E-state index contributed by atoms with van der Waals surface area (Å²) < 4.78 is 0. The maximum atomic E-state index is 13.8.